The molecule has 2 N–H and O–H groups in total. The van der Waals surface area contributed by atoms with E-state index in [0.717, 1.165) is 57.6 Å². The maximum atomic E-state index is 14.9. The first-order valence-corrected chi connectivity index (χ1v) is 16.4. The van der Waals surface area contributed by atoms with Gasteiger partial charge in [0.05, 0.1) is 24.4 Å². The van der Waals surface area contributed by atoms with Crippen molar-refractivity contribution in [1.29, 1.82) is 0 Å². The molecule has 3 aliphatic rings. The lowest BCUT2D eigenvalue weighted by Gasteiger charge is -2.30. The number of hydrogen-bond acceptors (Lipinski definition) is 8. The van der Waals surface area contributed by atoms with Crippen LogP contribution in [0.25, 0.3) is 10.9 Å². The summed E-state index contributed by atoms with van der Waals surface area (Å²) >= 11 is 1.74. The van der Waals surface area contributed by atoms with Crippen LogP contribution < -0.4 is 20.5 Å². The SMILES string of the molecule is O=C1CCN(c2cccc(C#CCN3CCC(COc4cc(F)c5c(=O)[nH]c(CSC6CCOCC6)nc5c4)CC3)c2)C(=O)N1. The molecule has 0 bridgehead atoms. The monoisotopic (exact) mass is 633 g/mol. The summed E-state index contributed by atoms with van der Waals surface area (Å²) in [6, 6.07) is 9.98. The molecule has 236 valence electrons. The number of piperidine rings is 1. The minimum absolute atomic E-state index is 0.0446. The quantitative estimate of drug-likeness (QED) is 0.357. The molecule has 3 saturated heterocycles. The van der Waals surface area contributed by atoms with Crippen LogP contribution in [0.3, 0.4) is 0 Å². The molecule has 0 unspecified atom stereocenters. The number of H-pyrrole nitrogens is 1. The number of rotatable bonds is 8. The Hall–Kier alpha value is -3.92. The van der Waals surface area contributed by atoms with E-state index in [1.165, 1.54) is 6.07 Å². The molecule has 0 aliphatic carbocycles. The number of fused-ring (bicyclic) bond motifs is 1. The predicted molar refractivity (Wildman–Crippen MR) is 171 cm³/mol. The highest BCUT2D eigenvalue weighted by atomic mass is 32.2. The number of nitrogens with zero attached hydrogens (tertiary/aromatic N) is 3. The van der Waals surface area contributed by atoms with Crippen molar-refractivity contribution in [2.45, 2.75) is 43.1 Å². The largest absolute Gasteiger partial charge is 0.493 e. The molecule has 4 heterocycles. The maximum absolute atomic E-state index is 14.9. The highest BCUT2D eigenvalue weighted by Gasteiger charge is 2.24. The van der Waals surface area contributed by atoms with E-state index in [1.807, 2.05) is 24.3 Å². The number of benzene rings is 2. The first kappa shape index (κ1) is 31.1. The van der Waals surface area contributed by atoms with Crippen molar-refractivity contribution in [3.8, 4) is 17.6 Å². The molecule has 3 fully saturated rings. The number of halogens is 1. The molecule has 1 aromatic heterocycles. The molecule has 3 aliphatic heterocycles. The molecule has 45 heavy (non-hydrogen) atoms. The molecule has 0 saturated carbocycles. The number of nitrogens with one attached hydrogen (secondary N) is 2. The Bertz CT molecular complexity index is 1670. The van der Waals surface area contributed by atoms with Crippen molar-refractivity contribution in [2.75, 3.05) is 50.9 Å². The second-order valence-electron chi connectivity index (χ2n) is 11.6. The van der Waals surface area contributed by atoms with Gasteiger partial charge in [0.2, 0.25) is 5.91 Å². The number of carbonyl (C=O) groups is 2. The number of likely N-dealkylation sites (tertiary alicyclic amines) is 1. The van der Waals surface area contributed by atoms with Crippen LogP contribution >= 0.6 is 11.8 Å². The molecule has 2 aromatic carbocycles. The standard InChI is InChI=1S/C33H36FN5O5S/c34-27-18-25(19-28-31(27)32(41)36-29(35-28)21-45-26-9-15-43-16-10-26)44-20-23-6-12-38(13-7-23)11-2-4-22-3-1-5-24(17-22)39-14-8-30(40)37-33(39)42/h1,3,5,17-19,23,26H,6-16,20-21H2,(H,35,36,41)(H,37,40,42). The van der Waals surface area contributed by atoms with Crippen LogP contribution in [0.1, 0.15) is 43.5 Å². The Balaban J connectivity index is 0.988. The Labute approximate surface area is 265 Å². The average Bonchev–Trinajstić information content (AvgIpc) is 3.04. The summed E-state index contributed by atoms with van der Waals surface area (Å²) in [5.74, 6) is 7.34. The first-order chi connectivity index (χ1) is 21.9. The number of urea groups is 1. The second-order valence-corrected chi connectivity index (χ2v) is 12.9. The minimum atomic E-state index is -0.631. The zero-order valence-corrected chi connectivity index (χ0v) is 25.8. The van der Waals surface area contributed by atoms with Crippen LogP contribution in [-0.2, 0) is 15.3 Å². The van der Waals surface area contributed by atoms with E-state index in [9.17, 15) is 18.8 Å². The number of ether oxygens (including phenoxy) is 2. The highest BCUT2D eigenvalue weighted by Crippen LogP contribution is 2.27. The Morgan fingerprint density at radius 2 is 1.89 bits per heavy atom. The van der Waals surface area contributed by atoms with Crippen molar-refractivity contribution in [2.24, 2.45) is 5.92 Å². The molecule has 0 radical (unpaired) electrons. The van der Waals surface area contributed by atoms with Gasteiger partial charge in [0, 0.05) is 54.8 Å². The van der Waals surface area contributed by atoms with Crippen LogP contribution in [-0.4, -0.2) is 78.1 Å². The molecule has 0 spiro atoms. The van der Waals surface area contributed by atoms with Crippen molar-refractivity contribution in [3.63, 3.8) is 0 Å². The molecule has 10 nitrogen and oxygen atoms in total. The molecule has 0 atom stereocenters. The maximum Gasteiger partial charge on any atom is 0.328 e. The molecule has 3 aromatic rings. The normalized spacial score (nSPS) is 18.5. The van der Waals surface area contributed by atoms with Crippen molar-refractivity contribution >= 4 is 40.3 Å². The highest BCUT2D eigenvalue weighted by molar-refractivity contribution is 7.99. The van der Waals surface area contributed by atoms with Gasteiger partial charge in [0.1, 0.15) is 22.8 Å². The van der Waals surface area contributed by atoms with Crippen LogP contribution in [0.5, 0.6) is 5.75 Å². The van der Waals surface area contributed by atoms with E-state index in [2.05, 4.69) is 32.0 Å². The lowest BCUT2D eigenvalue weighted by atomic mass is 9.98. The van der Waals surface area contributed by atoms with Crippen molar-refractivity contribution < 1.29 is 23.5 Å². The second kappa shape index (κ2) is 14.5. The summed E-state index contributed by atoms with van der Waals surface area (Å²) < 4.78 is 26.3. The summed E-state index contributed by atoms with van der Waals surface area (Å²) in [5, 5.41) is 2.76. The Morgan fingerprint density at radius 1 is 1.07 bits per heavy atom. The van der Waals surface area contributed by atoms with Gasteiger partial charge in [0.15, 0.2) is 0 Å². The summed E-state index contributed by atoms with van der Waals surface area (Å²) in [6.07, 6.45) is 4.09. The van der Waals surface area contributed by atoms with Gasteiger partial charge in [-0.2, -0.15) is 11.8 Å². The lowest BCUT2D eigenvalue weighted by Crippen LogP contribution is -2.49. The van der Waals surface area contributed by atoms with Crippen LogP contribution in [0, 0.1) is 23.6 Å². The number of aromatic amines is 1. The third-order valence-electron chi connectivity index (χ3n) is 8.35. The number of aromatic nitrogens is 2. The summed E-state index contributed by atoms with van der Waals surface area (Å²) in [6.45, 7) is 4.70. The van der Waals surface area contributed by atoms with E-state index in [-0.39, 0.29) is 17.7 Å². The summed E-state index contributed by atoms with van der Waals surface area (Å²) in [4.78, 5) is 47.4. The third-order valence-corrected chi connectivity index (χ3v) is 9.73. The number of hydrogen-bond donors (Lipinski definition) is 2. The zero-order valence-electron chi connectivity index (χ0n) is 25.0. The fourth-order valence-corrected chi connectivity index (χ4v) is 6.84. The summed E-state index contributed by atoms with van der Waals surface area (Å²) in [5.41, 5.74) is 1.36. The van der Waals surface area contributed by atoms with E-state index in [0.29, 0.717) is 59.4 Å². The smallest absolute Gasteiger partial charge is 0.328 e. The van der Waals surface area contributed by atoms with Gasteiger partial charge in [-0.15, -0.1) is 0 Å². The number of amides is 3. The van der Waals surface area contributed by atoms with Crippen molar-refractivity contribution in [3.05, 3.63) is 64.0 Å². The van der Waals surface area contributed by atoms with Gasteiger partial charge in [-0.25, -0.2) is 14.2 Å². The van der Waals surface area contributed by atoms with Gasteiger partial charge in [-0.1, -0.05) is 17.9 Å². The Kier molecular flexibility index (Phi) is 9.98. The molecular formula is C33H36FN5O5S. The lowest BCUT2D eigenvalue weighted by molar-refractivity contribution is -0.120. The topological polar surface area (TPSA) is 117 Å². The van der Waals surface area contributed by atoms with Gasteiger partial charge in [-0.3, -0.25) is 24.7 Å². The average molecular weight is 634 g/mol. The predicted octanol–water partition coefficient (Wildman–Crippen LogP) is 4.06. The fraction of sp³-hybridized carbons (Fsp3) is 0.455. The zero-order chi connectivity index (χ0) is 31.2. The van der Waals surface area contributed by atoms with E-state index in [4.69, 9.17) is 9.47 Å². The van der Waals surface area contributed by atoms with Crippen LogP contribution in [0.4, 0.5) is 14.9 Å². The van der Waals surface area contributed by atoms with Crippen LogP contribution in [0.15, 0.2) is 41.2 Å². The van der Waals surface area contributed by atoms with Gasteiger partial charge in [-0.05, 0) is 62.9 Å². The fourth-order valence-electron chi connectivity index (χ4n) is 5.78. The molecule has 6 rings (SSSR count). The van der Waals surface area contributed by atoms with Gasteiger partial charge < -0.3 is 14.5 Å². The van der Waals surface area contributed by atoms with E-state index < -0.39 is 17.4 Å². The first-order valence-electron chi connectivity index (χ1n) is 15.4. The molecular weight excluding hydrogens is 597 g/mol. The van der Waals surface area contributed by atoms with E-state index >= 15 is 0 Å². The number of carbonyl (C=O) groups excluding carboxylic acids is 2. The van der Waals surface area contributed by atoms with Gasteiger partial charge in [0.25, 0.3) is 5.56 Å². The minimum Gasteiger partial charge on any atom is -0.493 e. The van der Waals surface area contributed by atoms with E-state index in [1.54, 1.807) is 22.7 Å². The number of thioether (sulfide) groups is 1. The van der Waals surface area contributed by atoms with Gasteiger partial charge >= 0.3 is 6.03 Å². The molecule has 3 amide bonds. The Morgan fingerprint density at radius 3 is 2.69 bits per heavy atom. The number of imide groups is 1. The van der Waals surface area contributed by atoms with Crippen molar-refractivity contribution in [1.82, 2.24) is 20.2 Å². The third kappa shape index (κ3) is 8.03. The summed E-state index contributed by atoms with van der Waals surface area (Å²) in [7, 11) is 0. The van der Waals surface area contributed by atoms with Crippen LogP contribution in [0.2, 0.25) is 0 Å². The number of anilines is 1. The molecule has 12 heteroatoms.